The lowest BCUT2D eigenvalue weighted by atomic mass is 9.98. The number of hydrogen-bond donors (Lipinski definition) is 1. The van der Waals surface area contributed by atoms with Crippen LogP contribution in [0.2, 0.25) is 0 Å². The molecular formula is C21H26FN3O4S. The van der Waals surface area contributed by atoms with Crippen molar-refractivity contribution in [3.05, 3.63) is 47.1 Å². The summed E-state index contributed by atoms with van der Waals surface area (Å²) in [6, 6.07) is 6.14. The maximum absolute atomic E-state index is 13.9. The summed E-state index contributed by atoms with van der Waals surface area (Å²) < 4.78 is 47.1. The minimum atomic E-state index is -3.94. The number of aryl methyl sites for hydroxylation is 1. The van der Waals surface area contributed by atoms with E-state index >= 15 is 0 Å². The molecule has 1 amide bonds. The fraction of sp³-hybridized carbons (Fsp3) is 0.429. The predicted octanol–water partition coefficient (Wildman–Crippen LogP) is 3.22. The average molecular weight is 436 g/mol. The monoisotopic (exact) mass is 435 g/mol. The zero-order valence-electron chi connectivity index (χ0n) is 17.3. The molecule has 2 heterocycles. The predicted molar refractivity (Wildman–Crippen MR) is 111 cm³/mol. The van der Waals surface area contributed by atoms with Crippen LogP contribution in [-0.2, 0) is 14.8 Å². The fourth-order valence-electron chi connectivity index (χ4n) is 3.48. The van der Waals surface area contributed by atoms with Crippen LogP contribution < -0.4 is 5.32 Å². The van der Waals surface area contributed by atoms with Crippen molar-refractivity contribution in [1.82, 2.24) is 14.8 Å². The molecule has 0 saturated carbocycles. The van der Waals surface area contributed by atoms with Crippen LogP contribution in [0, 0.1) is 18.7 Å². The molecule has 1 aromatic heterocycles. The van der Waals surface area contributed by atoms with Gasteiger partial charge in [0.2, 0.25) is 15.9 Å². The Hall–Kier alpha value is -2.52. The van der Waals surface area contributed by atoms with Crippen molar-refractivity contribution in [2.75, 3.05) is 13.1 Å². The van der Waals surface area contributed by atoms with Gasteiger partial charge in [-0.3, -0.25) is 4.79 Å². The van der Waals surface area contributed by atoms with E-state index in [9.17, 15) is 17.6 Å². The third-order valence-corrected chi connectivity index (χ3v) is 6.96. The first-order chi connectivity index (χ1) is 14.2. The lowest BCUT2D eigenvalue weighted by Gasteiger charge is -2.31. The number of amides is 1. The number of nitrogens with zero attached hydrogens (tertiary/aromatic N) is 2. The lowest BCUT2D eigenvalue weighted by Crippen LogP contribution is -2.46. The molecule has 9 heteroatoms. The van der Waals surface area contributed by atoms with E-state index < -0.39 is 21.8 Å². The van der Waals surface area contributed by atoms with Gasteiger partial charge in [0, 0.05) is 24.7 Å². The quantitative estimate of drug-likeness (QED) is 0.752. The number of hydrogen-bond acceptors (Lipinski definition) is 5. The van der Waals surface area contributed by atoms with Crippen LogP contribution >= 0.6 is 0 Å². The van der Waals surface area contributed by atoms with Crippen molar-refractivity contribution >= 4 is 28.1 Å². The normalized spacial score (nSPS) is 18.2. The maximum atomic E-state index is 13.9. The first-order valence-corrected chi connectivity index (χ1v) is 11.3. The van der Waals surface area contributed by atoms with Crippen LogP contribution in [0.5, 0.6) is 0 Å². The molecule has 30 heavy (non-hydrogen) atoms. The Morgan fingerprint density at radius 2 is 2.07 bits per heavy atom. The molecule has 0 unspecified atom stereocenters. The van der Waals surface area contributed by atoms with E-state index in [2.05, 4.69) is 10.5 Å². The molecule has 0 radical (unpaired) electrons. The van der Waals surface area contributed by atoms with Crippen molar-refractivity contribution in [2.45, 2.75) is 44.6 Å². The van der Waals surface area contributed by atoms with E-state index in [1.54, 1.807) is 25.1 Å². The standard InChI is InChI=1S/C21H26FN3O4S/c1-14(2)23-21(26)17-8-6-12-25(13-17)30(27,28)20-15(3)24-29-19(20)11-10-16-7-4-5-9-18(16)22/h4-5,7,9-11,14,17H,6,8,12-13H2,1-3H3,(H,23,26)/b11-10+/t17-/m1/s1. The number of nitrogens with one attached hydrogen (secondary N) is 1. The Bertz CT molecular complexity index is 1050. The smallest absolute Gasteiger partial charge is 0.248 e. The molecule has 1 aliphatic rings. The van der Waals surface area contributed by atoms with Gasteiger partial charge in [0.25, 0.3) is 0 Å². The van der Waals surface area contributed by atoms with Gasteiger partial charge in [-0.2, -0.15) is 4.31 Å². The molecule has 2 aromatic rings. The highest BCUT2D eigenvalue weighted by atomic mass is 32.2. The second-order valence-electron chi connectivity index (χ2n) is 7.68. The van der Waals surface area contributed by atoms with Crippen molar-refractivity contribution in [3.63, 3.8) is 0 Å². The fourth-order valence-corrected chi connectivity index (χ4v) is 5.25. The van der Waals surface area contributed by atoms with Crippen molar-refractivity contribution < 1.29 is 22.1 Å². The topological polar surface area (TPSA) is 92.5 Å². The summed E-state index contributed by atoms with van der Waals surface area (Å²) in [6.07, 6.45) is 4.06. The van der Waals surface area contributed by atoms with Gasteiger partial charge < -0.3 is 9.84 Å². The molecule has 1 aromatic carbocycles. The number of aromatic nitrogens is 1. The third-order valence-electron chi connectivity index (χ3n) is 4.94. The van der Waals surface area contributed by atoms with E-state index in [1.807, 2.05) is 13.8 Å². The first kappa shape index (κ1) is 22.2. The van der Waals surface area contributed by atoms with E-state index in [-0.39, 0.29) is 34.8 Å². The molecule has 1 fully saturated rings. The highest BCUT2D eigenvalue weighted by Crippen LogP contribution is 2.29. The van der Waals surface area contributed by atoms with Gasteiger partial charge in [-0.15, -0.1) is 0 Å². The van der Waals surface area contributed by atoms with E-state index in [1.165, 1.54) is 22.5 Å². The molecular weight excluding hydrogens is 409 g/mol. The van der Waals surface area contributed by atoms with Gasteiger partial charge in [-0.05, 0) is 51.8 Å². The summed E-state index contributed by atoms with van der Waals surface area (Å²) >= 11 is 0. The highest BCUT2D eigenvalue weighted by molar-refractivity contribution is 7.89. The summed E-state index contributed by atoms with van der Waals surface area (Å²) in [5, 5.41) is 6.65. The van der Waals surface area contributed by atoms with Crippen LogP contribution in [0.3, 0.4) is 0 Å². The van der Waals surface area contributed by atoms with Crippen LogP contribution in [0.1, 0.15) is 43.7 Å². The van der Waals surface area contributed by atoms with Crippen molar-refractivity contribution in [1.29, 1.82) is 0 Å². The molecule has 3 rings (SSSR count). The minimum Gasteiger partial charge on any atom is -0.355 e. The molecule has 1 atom stereocenters. The molecule has 0 spiro atoms. The summed E-state index contributed by atoms with van der Waals surface area (Å²) in [5.74, 6) is -0.950. The molecule has 162 valence electrons. The van der Waals surface area contributed by atoms with Gasteiger partial charge in [-0.1, -0.05) is 23.4 Å². The Labute approximate surface area is 176 Å². The Kier molecular flexibility index (Phi) is 6.72. The summed E-state index contributed by atoms with van der Waals surface area (Å²) in [7, 11) is -3.94. The highest BCUT2D eigenvalue weighted by Gasteiger charge is 2.37. The van der Waals surface area contributed by atoms with Gasteiger partial charge in [0.1, 0.15) is 11.5 Å². The zero-order chi connectivity index (χ0) is 21.9. The zero-order valence-corrected chi connectivity index (χ0v) is 18.1. The molecule has 1 aliphatic heterocycles. The Morgan fingerprint density at radius 3 is 2.77 bits per heavy atom. The van der Waals surface area contributed by atoms with Crippen LogP contribution in [0.4, 0.5) is 4.39 Å². The molecule has 0 bridgehead atoms. The summed E-state index contributed by atoms with van der Waals surface area (Å²) in [4.78, 5) is 12.3. The second-order valence-corrected chi connectivity index (χ2v) is 9.56. The molecule has 0 aliphatic carbocycles. The van der Waals surface area contributed by atoms with Gasteiger partial charge in [0.15, 0.2) is 10.7 Å². The lowest BCUT2D eigenvalue weighted by molar-refractivity contribution is -0.126. The van der Waals surface area contributed by atoms with Crippen molar-refractivity contribution in [2.24, 2.45) is 5.92 Å². The number of sulfonamides is 1. The number of piperidine rings is 1. The number of rotatable bonds is 6. The number of halogens is 1. The van der Waals surface area contributed by atoms with Crippen LogP contribution in [0.25, 0.3) is 12.2 Å². The van der Waals surface area contributed by atoms with Gasteiger partial charge >= 0.3 is 0 Å². The van der Waals surface area contributed by atoms with E-state index in [0.717, 1.165) is 0 Å². The maximum Gasteiger partial charge on any atom is 0.248 e. The molecule has 1 N–H and O–H groups in total. The SMILES string of the molecule is Cc1noc(/C=C/c2ccccc2F)c1S(=O)(=O)N1CCC[C@@H](C(=O)NC(C)C)C1. The van der Waals surface area contributed by atoms with E-state index in [0.29, 0.717) is 24.9 Å². The van der Waals surface area contributed by atoms with E-state index in [4.69, 9.17) is 4.52 Å². The summed E-state index contributed by atoms with van der Waals surface area (Å²) in [5.41, 5.74) is 0.523. The average Bonchev–Trinajstić information content (AvgIpc) is 3.08. The van der Waals surface area contributed by atoms with Crippen LogP contribution in [-0.4, -0.2) is 42.9 Å². The first-order valence-electron chi connectivity index (χ1n) is 9.89. The van der Waals surface area contributed by atoms with Crippen LogP contribution in [0.15, 0.2) is 33.7 Å². The van der Waals surface area contributed by atoms with Gasteiger partial charge in [0.05, 0.1) is 5.92 Å². The number of carbonyl (C=O) groups excluding carboxylic acids is 1. The van der Waals surface area contributed by atoms with Crippen molar-refractivity contribution in [3.8, 4) is 0 Å². The largest absolute Gasteiger partial charge is 0.355 e. The number of benzene rings is 1. The van der Waals surface area contributed by atoms with Gasteiger partial charge in [-0.25, -0.2) is 12.8 Å². The third kappa shape index (κ3) is 4.79. The second kappa shape index (κ2) is 9.09. The summed E-state index contributed by atoms with van der Waals surface area (Å²) in [6.45, 7) is 5.69. The minimum absolute atomic E-state index is 0.0140. The Balaban J connectivity index is 1.87. The number of carbonyl (C=O) groups is 1. The molecule has 7 nitrogen and oxygen atoms in total. The Morgan fingerprint density at radius 1 is 1.33 bits per heavy atom. The molecule has 1 saturated heterocycles.